The lowest BCUT2D eigenvalue weighted by Crippen LogP contribution is -2.14. The van der Waals surface area contributed by atoms with Gasteiger partial charge in [0.1, 0.15) is 0 Å². The van der Waals surface area contributed by atoms with Gasteiger partial charge in [-0.3, -0.25) is 9.97 Å². The Balaban J connectivity index is 1.94. The zero-order valence-corrected chi connectivity index (χ0v) is 13.6. The maximum absolute atomic E-state index is 4.54. The molecule has 0 fully saturated rings. The summed E-state index contributed by atoms with van der Waals surface area (Å²) < 4.78 is 0. The van der Waals surface area contributed by atoms with Gasteiger partial charge < -0.3 is 4.90 Å². The van der Waals surface area contributed by atoms with Crippen molar-refractivity contribution < 1.29 is 0 Å². The molecular formula is C19H23N3. The first kappa shape index (κ1) is 14.9. The molecule has 22 heavy (non-hydrogen) atoms. The van der Waals surface area contributed by atoms with Crippen molar-refractivity contribution in [1.29, 1.82) is 0 Å². The Morgan fingerprint density at radius 1 is 1.09 bits per heavy atom. The number of rotatable bonds is 5. The second-order valence-corrected chi connectivity index (χ2v) is 6.23. The molecule has 0 saturated carbocycles. The fourth-order valence-corrected chi connectivity index (χ4v) is 3.09. The summed E-state index contributed by atoms with van der Waals surface area (Å²) in [4.78, 5) is 11.2. The number of fused-ring (bicyclic) bond motifs is 1. The van der Waals surface area contributed by atoms with E-state index in [0.717, 1.165) is 37.2 Å². The Bertz CT molecular complexity index is 701. The standard InChI is InChI=1S/C19H23N3/c1-14-19(21-10-9-20-14)13-18-16(8-11-22(2)3)12-15-6-4-5-7-17(15)18/h4-7,9-10H,8,11-13H2,1-3H3. The minimum Gasteiger partial charge on any atom is -0.309 e. The van der Waals surface area contributed by atoms with Crippen LogP contribution in [-0.4, -0.2) is 35.5 Å². The summed E-state index contributed by atoms with van der Waals surface area (Å²) in [5.74, 6) is 0. The predicted octanol–water partition coefficient (Wildman–Crippen LogP) is 3.29. The van der Waals surface area contributed by atoms with Crippen molar-refractivity contribution in [2.45, 2.75) is 26.2 Å². The Morgan fingerprint density at radius 3 is 2.64 bits per heavy atom. The van der Waals surface area contributed by atoms with Gasteiger partial charge in [-0.2, -0.15) is 0 Å². The summed E-state index contributed by atoms with van der Waals surface area (Å²) in [6, 6.07) is 8.77. The second-order valence-electron chi connectivity index (χ2n) is 6.23. The molecule has 1 heterocycles. The Morgan fingerprint density at radius 2 is 1.86 bits per heavy atom. The van der Waals surface area contributed by atoms with Gasteiger partial charge in [0, 0.05) is 25.4 Å². The lowest BCUT2D eigenvalue weighted by atomic mass is 9.98. The van der Waals surface area contributed by atoms with Crippen LogP contribution in [0.3, 0.4) is 0 Å². The van der Waals surface area contributed by atoms with Gasteiger partial charge >= 0.3 is 0 Å². The van der Waals surface area contributed by atoms with E-state index in [1.54, 1.807) is 18.0 Å². The molecule has 3 rings (SSSR count). The molecule has 0 aliphatic heterocycles. The zero-order valence-electron chi connectivity index (χ0n) is 13.6. The van der Waals surface area contributed by atoms with Crippen LogP contribution in [0.15, 0.2) is 42.2 Å². The van der Waals surface area contributed by atoms with Crippen molar-refractivity contribution in [1.82, 2.24) is 14.9 Å². The van der Waals surface area contributed by atoms with Crippen LogP contribution in [0, 0.1) is 6.92 Å². The topological polar surface area (TPSA) is 29.0 Å². The van der Waals surface area contributed by atoms with Gasteiger partial charge in [-0.15, -0.1) is 0 Å². The van der Waals surface area contributed by atoms with Crippen molar-refractivity contribution in [2.75, 3.05) is 20.6 Å². The van der Waals surface area contributed by atoms with E-state index in [4.69, 9.17) is 0 Å². The molecule has 3 heteroatoms. The third kappa shape index (κ3) is 3.09. The maximum atomic E-state index is 4.54. The minimum absolute atomic E-state index is 0.888. The molecule has 0 N–H and O–H groups in total. The van der Waals surface area contributed by atoms with Crippen LogP contribution >= 0.6 is 0 Å². The number of aromatic nitrogens is 2. The molecular weight excluding hydrogens is 270 g/mol. The van der Waals surface area contributed by atoms with E-state index in [1.807, 2.05) is 6.92 Å². The summed E-state index contributed by atoms with van der Waals surface area (Å²) in [5, 5.41) is 0. The lowest BCUT2D eigenvalue weighted by molar-refractivity contribution is 0.412. The number of hydrogen-bond acceptors (Lipinski definition) is 3. The average Bonchev–Trinajstić information content (AvgIpc) is 2.85. The smallest absolute Gasteiger partial charge is 0.0659 e. The molecule has 0 saturated heterocycles. The highest BCUT2D eigenvalue weighted by Crippen LogP contribution is 2.36. The van der Waals surface area contributed by atoms with E-state index < -0.39 is 0 Å². The van der Waals surface area contributed by atoms with Gasteiger partial charge in [0.2, 0.25) is 0 Å². The molecule has 1 aliphatic rings. The van der Waals surface area contributed by atoms with Gasteiger partial charge in [-0.25, -0.2) is 0 Å². The zero-order chi connectivity index (χ0) is 15.5. The summed E-state index contributed by atoms with van der Waals surface area (Å²) in [5.41, 5.74) is 8.00. The Kier molecular flexibility index (Phi) is 4.34. The van der Waals surface area contributed by atoms with E-state index in [1.165, 1.54) is 16.7 Å². The molecule has 3 nitrogen and oxygen atoms in total. The fraction of sp³-hybridized carbons (Fsp3) is 0.368. The molecule has 0 spiro atoms. The van der Waals surface area contributed by atoms with Gasteiger partial charge in [0.05, 0.1) is 11.4 Å². The number of allylic oxidation sites excluding steroid dienone is 1. The van der Waals surface area contributed by atoms with E-state index in [2.05, 4.69) is 53.2 Å². The van der Waals surface area contributed by atoms with Crippen LogP contribution in [0.2, 0.25) is 0 Å². The van der Waals surface area contributed by atoms with Crippen molar-refractivity contribution in [2.24, 2.45) is 0 Å². The van der Waals surface area contributed by atoms with Gasteiger partial charge in [-0.05, 0) is 50.6 Å². The summed E-state index contributed by atoms with van der Waals surface area (Å²) in [7, 11) is 4.27. The third-order valence-electron chi connectivity index (χ3n) is 4.36. The highest BCUT2D eigenvalue weighted by Gasteiger charge is 2.22. The van der Waals surface area contributed by atoms with Crippen molar-refractivity contribution >= 4 is 5.57 Å². The normalized spacial score (nSPS) is 13.8. The predicted molar refractivity (Wildman–Crippen MR) is 90.7 cm³/mol. The molecule has 114 valence electrons. The lowest BCUT2D eigenvalue weighted by Gasteiger charge is -2.13. The van der Waals surface area contributed by atoms with E-state index >= 15 is 0 Å². The monoisotopic (exact) mass is 293 g/mol. The highest BCUT2D eigenvalue weighted by molar-refractivity contribution is 5.77. The van der Waals surface area contributed by atoms with Crippen LogP contribution in [0.5, 0.6) is 0 Å². The number of hydrogen-bond donors (Lipinski definition) is 0. The summed E-state index contributed by atoms with van der Waals surface area (Å²) >= 11 is 0. The molecule has 1 aromatic carbocycles. The first-order valence-electron chi connectivity index (χ1n) is 7.85. The quantitative estimate of drug-likeness (QED) is 0.847. The minimum atomic E-state index is 0.888. The second kappa shape index (κ2) is 6.41. The average molecular weight is 293 g/mol. The van der Waals surface area contributed by atoms with Crippen LogP contribution < -0.4 is 0 Å². The van der Waals surface area contributed by atoms with Gasteiger partial charge in [0.15, 0.2) is 0 Å². The Labute approximate surface area is 132 Å². The van der Waals surface area contributed by atoms with E-state index in [9.17, 15) is 0 Å². The van der Waals surface area contributed by atoms with Crippen molar-refractivity contribution in [3.8, 4) is 0 Å². The number of nitrogens with zero attached hydrogens (tertiary/aromatic N) is 3. The molecule has 0 radical (unpaired) electrons. The van der Waals surface area contributed by atoms with Crippen molar-refractivity contribution in [3.63, 3.8) is 0 Å². The first-order chi connectivity index (χ1) is 10.6. The SMILES string of the molecule is Cc1nccnc1CC1=C(CCN(C)C)Cc2ccccc21. The third-order valence-corrected chi connectivity index (χ3v) is 4.36. The Hall–Kier alpha value is -2.00. The molecule has 0 amide bonds. The summed E-state index contributed by atoms with van der Waals surface area (Å²) in [6.07, 6.45) is 6.65. The van der Waals surface area contributed by atoms with Crippen LogP contribution in [-0.2, 0) is 12.8 Å². The molecule has 1 aliphatic carbocycles. The van der Waals surface area contributed by atoms with E-state index in [-0.39, 0.29) is 0 Å². The molecule has 0 bridgehead atoms. The fourth-order valence-electron chi connectivity index (χ4n) is 3.09. The molecule has 0 atom stereocenters. The van der Waals surface area contributed by atoms with Crippen molar-refractivity contribution in [3.05, 3.63) is 64.7 Å². The first-order valence-corrected chi connectivity index (χ1v) is 7.85. The number of aryl methyl sites for hydroxylation is 1. The molecule has 2 aromatic rings. The van der Waals surface area contributed by atoms with E-state index in [0.29, 0.717) is 0 Å². The van der Waals surface area contributed by atoms with Crippen LogP contribution in [0.1, 0.15) is 28.9 Å². The molecule has 1 aromatic heterocycles. The largest absolute Gasteiger partial charge is 0.309 e. The van der Waals surface area contributed by atoms with Crippen LogP contribution in [0.4, 0.5) is 0 Å². The number of benzene rings is 1. The maximum Gasteiger partial charge on any atom is 0.0659 e. The van der Waals surface area contributed by atoms with Gasteiger partial charge in [-0.1, -0.05) is 29.8 Å². The molecule has 0 unspecified atom stereocenters. The van der Waals surface area contributed by atoms with Gasteiger partial charge in [0.25, 0.3) is 0 Å². The highest BCUT2D eigenvalue weighted by atomic mass is 15.0. The summed E-state index contributed by atoms with van der Waals surface area (Å²) in [6.45, 7) is 3.13. The van der Waals surface area contributed by atoms with Crippen LogP contribution in [0.25, 0.3) is 5.57 Å².